The molecule has 2 heteroatoms. The summed E-state index contributed by atoms with van der Waals surface area (Å²) in [4.78, 5) is 0. The minimum atomic E-state index is 0.256. The zero-order valence-electron chi connectivity index (χ0n) is 4.98. The molecule has 0 spiro atoms. The standard InChI is InChI=1S/C7H8ClI/c8-7-4-2-1-3-6(7)5-9/h1-3,7H,4-5H2. The van der Waals surface area contributed by atoms with Crippen LogP contribution in [-0.2, 0) is 0 Å². The van der Waals surface area contributed by atoms with Crippen molar-refractivity contribution in [2.75, 3.05) is 4.43 Å². The largest absolute Gasteiger partial charge is 0.118 e. The summed E-state index contributed by atoms with van der Waals surface area (Å²) in [5.74, 6) is 0. The Kier molecular flexibility index (Phi) is 3.06. The van der Waals surface area contributed by atoms with E-state index in [4.69, 9.17) is 11.6 Å². The molecule has 1 atom stereocenters. The Morgan fingerprint density at radius 3 is 3.00 bits per heavy atom. The lowest BCUT2D eigenvalue weighted by atomic mass is 10.1. The summed E-state index contributed by atoms with van der Waals surface area (Å²) in [5, 5.41) is 0.256. The van der Waals surface area contributed by atoms with Crippen LogP contribution in [0.15, 0.2) is 23.8 Å². The highest BCUT2D eigenvalue weighted by Gasteiger charge is 2.09. The Balaban J connectivity index is 2.63. The molecule has 1 aliphatic rings. The number of alkyl halides is 2. The van der Waals surface area contributed by atoms with Gasteiger partial charge in [0.1, 0.15) is 0 Å². The van der Waals surface area contributed by atoms with Crippen LogP contribution in [0, 0.1) is 0 Å². The minimum Gasteiger partial charge on any atom is -0.118 e. The third kappa shape index (κ3) is 1.97. The van der Waals surface area contributed by atoms with Crippen LogP contribution in [0.25, 0.3) is 0 Å². The fraction of sp³-hybridized carbons (Fsp3) is 0.429. The fourth-order valence-corrected chi connectivity index (χ4v) is 2.07. The molecule has 0 amide bonds. The van der Waals surface area contributed by atoms with Crippen LogP contribution in [0.4, 0.5) is 0 Å². The molecule has 1 rings (SSSR count). The molecule has 0 N–H and O–H groups in total. The second-order valence-electron chi connectivity index (χ2n) is 2.01. The molecular weight excluding hydrogens is 246 g/mol. The molecule has 0 fully saturated rings. The van der Waals surface area contributed by atoms with Gasteiger partial charge in [0, 0.05) is 4.43 Å². The monoisotopic (exact) mass is 254 g/mol. The van der Waals surface area contributed by atoms with Gasteiger partial charge in [-0.05, 0) is 12.0 Å². The molecule has 0 aromatic rings. The number of halogens is 2. The van der Waals surface area contributed by atoms with Crippen LogP contribution in [0.1, 0.15) is 6.42 Å². The predicted molar refractivity (Wildman–Crippen MR) is 50.4 cm³/mol. The Bertz CT molecular complexity index is 149. The highest BCUT2D eigenvalue weighted by atomic mass is 127. The van der Waals surface area contributed by atoms with Crippen molar-refractivity contribution in [2.45, 2.75) is 11.8 Å². The van der Waals surface area contributed by atoms with Crippen molar-refractivity contribution in [1.29, 1.82) is 0 Å². The Morgan fingerprint density at radius 1 is 1.78 bits per heavy atom. The van der Waals surface area contributed by atoms with Gasteiger partial charge < -0.3 is 0 Å². The molecule has 0 aromatic heterocycles. The molecule has 50 valence electrons. The molecule has 0 saturated carbocycles. The van der Waals surface area contributed by atoms with Gasteiger partial charge in [-0.2, -0.15) is 0 Å². The van der Waals surface area contributed by atoms with E-state index in [9.17, 15) is 0 Å². The van der Waals surface area contributed by atoms with Gasteiger partial charge >= 0.3 is 0 Å². The van der Waals surface area contributed by atoms with Crippen molar-refractivity contribution in [1.82, 2.24) is 0 Å². The zero-order valence-corrected chi connectivity index (χ0v) is 7.89. The zero-order chi connectivity index (χ0) is 6.69. The minimum absolute atomic E-state index is 0.256. The van der Waals surface area contributed by atoms with E-state index in [2.05, 4.69) is 40.8 Å². The molecule has 0 nitrogen and oxygen atoms in total. The third-order valence-electron chi connectivity index (χ3n) is 1.35. The highest BCUT2D eigenvalue weighted by molar-refractivity contribution is 14.1. The molecular formula is C7H8ClI. The number of allylic oxidation sites excluding steroid dienone is 4. The van der Waals surface area contributed by atoms with E-state index in [1.54, 1.807) is 0 Å². The Hall–Kier alpha value is 0.500. The van der Waals surface area contributed by atoms with Crippen molar-refractivity contribution in [3.05, 3.63) is 23.8 Å². The first-order valence-corrected chi connectivity index (χ1v) is 4.86. The van der Waals surface area contributed by atoms with Crippen molar-refractivity contribution in [2.24, 2.45) is 0 Å². The summed E-state index contributed by atoms with van der Waals surface area (Å²) in [6.07, 6.45) is 7.28. The van der Waals surface area contributed by atoms with E-state index in [1.807, 2.05) is 0 Å². The molecule has 1 aliphatic carbocycles. The van der Waals surface area contributed by atoms with Crippen LogP contribution >= 0.6 is 34.2 Å². The van der Waals surface area contributed by atoms with Gasteiger partial charge in [0.25, 0.3) is 0 Å². The maximum absolute atomic E-state index is 5.96. The van der Waals surface area contributed by atoms with Gasteiger partial charge in [-0.3, -0.25) is 0 Å². The average Bonchev–Trinajstić information content (AvgIpc) is 1.89. The maximum atomic E-state index is 5.96. The lowest BCUT2D eigenvalue weighted by Crippen LogP contribution is -2.04. The second kappa shape index (κ2) is 3.62. The van der Waals surface area contributed by atoms with Crippen LogP contribution in [0.3, 0.4) is 0 Å². The number of rotatable bonds is 1. The summed E-state index contributed by atoms with van der Waals surface area (Å²) in [7, 11) is 0. The van der Waals surface area contributed by atoms with Gasteiger partial charge in [-0.25, -0.2) is 0 Å². The van der Waals surface area contributed by atoms with Gasteiger partial charge in [0.15, 0.2) is 0 Å². The fourth-order valence-electron chi connectivity index (χ4n) is 0.774. The molecule has 9 heavy (non-hydrogen) atoms. The first-order valence-electron chi connectivity index (χ1n) is 2.90. The van der Waals surface area contributed by atoms with E-state index in [0.717, 1.165) is 10.8 Å². The van der Waals surface area contributed by atoms with E-state index < -0.39 is 0 Å². The van der Waals surface area contributed by atoms with Crippen LogP contribution in [0.5, 0.6) is 0 Å². The van der Waals surface area contributed by atoms with E-state index in [0.29, 0.717) is 0 Å². The molecule has 0 saturated heterocycles. The first kappa shape index (κ1) is 7.61. The van der Waals surface area contributed by atoms with Crippen molar-refractivity contribution >= 4 is 34.2 Å². The maximum Gasteiger partial charge on any atom is 0.0590 e. The van der Waals surface area contributed by atoms with Crippen LogP contribution in [-0.4, -0.2) is 9.80 Å². The van der Waals surface area contributed by atoms with Crippen molar-refractivity contribution < 1.29 is 0 Å². The lowest BCUT2D eigenvalue weighted by molar-refractivity contribution is 0.979. The Labute approximate surface area is 74.1 Å². The summed E-state index contributed by atoms with van der Waals surface area (Å²) < 4.78 is 1.05. The van der Waals surface area contributed by atoms with E-state index in [-0.39, 0.29) is 5.38 Å². The Morgan fingerprint density at radius 2 is 2.56 bits per heavy atom. The van der Waals surface area contributed by atoms with Gasteiger partial charge in [0.05, 0.1) is 5.38 Å². The summed E-state index contributed by atoms with van der Waals surface area (Å²) >= 11 is 8.29. The van der Waals surface area contributed by atoms with Crippen LogP contribution in [0.2, 0.25) is 0 Å². The molecule has 0 bridgehead atoms. The van der Waals surface area contributed by atoms with Gasteiger partial charge in [-0.1, -0.05) is 40.8 Å². The summed E-state index contributed by atoms with van der Waals surface area (Å²) in [6.45, 7) is 0. The van der Waals surface area contributed by atoms with E-state index >= 15 is 0 Å². The smallest absolute Gasteiger partial charge is 0.0590 e. The average molecular weight is 254 g/mol. The lowest BCUT2D eigenvalue weighted by Gasteiger charge is -2.11. The van der Waals surface area contributed by atoms with Gasteiger partial charge in [0.2, 0.25) is 0 Å². The SMILES string of the molecule is ClC1CC=CC=C1CI. The van der Waals surface area contributed by atoms with Crippen LogP contribution < -0.4 is 0 Å². The van der Waals surface area contributed by atoms with Gasteiger partial charge in [-0.15, -0.1) is 11.6 Å². The highest BCUT2D eigenvalue weighted by Crippen LogP contribution is 2.20. The molecule has 0 aliphatic heterocycles. The second-order valence-corrected chi connectivity index (χ2v) is 3.30. The number of hydrogen-bond acceptors (Lipinski definition) is 0. The third-order valence-corrected chi connectivity index (χ3v) is 2.69. The quantitative estimate of drug-likeness (QED) is 0.498. The van der Waals surface area contributed by atoms with Crippen molar-refractivity contribution in [3.63, 3.8) is 0 Å². The van der Waals surface area contributed by atoms with E-state index in [1.165, 1.54) is 5.57 Å². The molecule has 0 radical (unpaired) electrons. The summed E-state index contributed by atoms with van der Waals surface area (Å²) in [6, 6.07) is 0. The summed E-state index contributed by atoms with van der Waals surface area (Å²) in [5.41, 5.74) is 1.35. The molecule has 0 aromatic carbocycles. The molecule has 1 unspecified atom stereocenters. The topological polar surface area (TPSA) is 0 Å². The van der Waals surface area contributed by atoms with Crippen molar-refractivity contribution in [3.8, 4) is 0 Å². The predicted octanol–water partition coefficient (Wildman–Crippen LogP) is 2.92. The molecule has 0 heterocycles. The normalized spacial score (nSPS) is 26.0. The number of hydrogen-bond donors (Lipinski definition) is 0. The first-order chi connectivity index (χ1) is 4.34.